The van der Waals surface area contributed by atoms with Crippen molar-refractivity contribution in [2.45, 2.75) is 11.8 Å². The lowest BCUT2D eigenvalue weighted by atomic mass is 10.1. The van der Waals surface area contributed by atoms with Crippen molar-refractivity contribution in [3.63, 3.8) is 0 Å². The van der Waals surface area contributed by atoms with Gasteiger partial charge in [0.1, 0.15) is 0 Å². The summed E-state index contributed by atoms with van der Waals surface area (Å²) in [6, 6.07) is 16.9. The maximum absolute atomic E-state index is 12.7. The smallest absolute Gasteiger partial charge is 0.340 e. The lowest BCUT2D eigenvalue weighted by Gasteiger charge is -2.12. The Balaban J connectivity index is 1.77. The first-order valence-corrected chi connectivity index (χ1v) is 10.8. The highest BCUT2D eigenvalue weighted by molar-refractivity contribution is 7.92. The number of anilines is 1. The minimum absolute atomic E-state index is 0.0909. The minimum Gasteiger partial charge on any atom is -0.454 e. The number of hydrogen-bond acceptors (Lipinski definition) is 7. The van der Waals surface area contributed by atoms with Crippen molar-refractivity contribution in [2.24, 2.45) is 0 Å². The monoisotopic (exact) mass is 454 g/mol. The lowest BCUT2D eigenvalue weighted by Crippen LogP contribution is -2.18. The quantitative estimate of drug-likeness (QED) is 0.237. The van der Waals surface area contributed by atoms with Crippen LogP contribution in [0.1, 0.15) is 26.3 Å². The van der Waals surface area contributed by atoms with Crippen molar-refractivity contribution in [3.05, 3.63) is 99.6 Å². The molecule has 164 valence electrons. The molecule has 0 bridgehead atoms. The van der Waals surface area contributed by atoms with E-state index < -0.39 is 39.0 Å². The number of nitrogens with zero attached hydrogens (tertiary/aromatic N) is 1. The number of nitrogens with one attached hydrogen (secondary N) is 1. The van der Waals surface area contributed by atoms with Gasteiger partial charge < -0.3 is 4.74 Å². The number of nitro groups is 1. The summed E-state index contributed by atoms with van der Waals surface area (Å²) < 4.78 is 32.7. The number of ether oxygens (including phenoxy) is 1. The number of hydrogen-bond donors (Lipinski definition) is 1. The van der Waals surface area contributed by atoms with Gasteiger partial charge in [0.25, 0.3) is 15.7 Å². The first-order chi connectivity index (χ1) is 15.2. The van der Waals surface area contributed by atoms with Crippen LogP contribution < -0.4 is 4.72 Å². The molecule has 0 saturated heterocycles. The number of nitro benzene ring substituents is 1. The van der Waals surface area contributed by atoms with Gasteiger partial charge in [-0.05, 0) is 25.1 Å². The molecule has 0 fully saturated rings. The van der Waals surface area contributed by atoms with Gasteiger partial charge in [-0.25, -0.2) is 13.2 Å². The Morgan fingerprint density at radius 1 is 1.00 bits per heavy atom. The molecule has 0 aliphatic rings. The number of para-hydroxylation sites is 1. The van der Waals surface area contributed by atoms with E-state index in [0.717, 1.165) is 17.7 Å². The van der Waals surface area contributed by atoms with Crippen LogP contribution in [0.2, 0.25) is 0 Å². The molecule has 3 aromatic carbocycles. The van der Waals surface area contributed by atoms with Gasteiger partial charge in [0.15, 0.2) is 12.4 Å². The highest BCUT2D eigenvalue weighted by Gasteiger charge is 2.22. The molecule has 1 N–H and O–H groups in total. The summed E-state index contributed by atoms with van der Waals surface area (Å²) in [5.74, 6) is -1.31. The number of non-ortho nitro benzene ring substituents is 1. The van der Waals surface area contributed by atoms with E-state index in [1.165, 1.54) is 36.4 Å². The lowest BCUT2D eigenvalue weighted by molar-refractivity contribution is -0.385. The van der Waals surface area contributed by atoms with Crippen LogP contribution in [0.25, 0.3) is 0 Å². The van der Waals surface area contributed by atoms with E-state index in [9.17, 15) is 28.1 Å². The molecular weight excluding hydrogens is 436 g/mol. The number of sulfonamides is 1. The number of rotatable bonds is 8. The van der Waals surface area contributed by atoms with E-state index in [1.54, 1.807) is 24.3 Å². The number of aryl methyl sites for hydroxylation is 1. The molecule has 0 aromatic heterocycles. The molecule has 10 heteroatoms. The second-order valence-electron chi connectivity index (χ2n) is 6.77. The largest absolute Gasteiger partial charge is 0.454 e. The fourth-order valence-corrected chi connectivity index (χ4v) is 3.87. The average Bonchev–Trinajstić information content (AvgIpc) is 2.78. The summed E-state index contributed by atoms with van der Waals surface area (Å²) in [5, 5.41) is 10.9. The molecule has 0 radical (unpaired) electrons. The molecule has 0 atom stereocenters. The molecule has 0 amide bonds. The Morgan fingerprint density at radius 3 is 2.38 bits per heavy atom. The number of carbonyl (C=O) groups is 2. The fraction of sp³-hybridized carbons (Fsp3) is 0.0909. The van der Waals surface area contributed by atoms with Crippen LogP contribution >= 0.6 is 0 Å². The van der Waals surface area contributed by atoms with Gasteiger partial charge in [-0.15, -0.1) is 0 Å². The maximum Gasteiger partial charge on any atom is 0.340 e. The van der Waals surface area contributed by atoms with Gasteiger partial charge in [0.05, 0.1) is 21.1 Å². The highest BCUT2D eigenvalue weighted by atomic mass is 32.2. The van der Waals surface area contributed by atoms with Crippen molar-refractivity contribution in [3.8, 4) is 0 Å². The van der Waals surface area contributed by atoms with Crippen LogP contribution in [0.15, 0.2) is 77.7 Å². The Labute approximate surface area is 183 Å². The first-order valence-electron chi connectivity index (χ1n) is 9.31. The van der Waals surface area contributed by atoms with E-state index >= 15 is 0 Å². The van der Waals surface area contributed by atoms with Crippen LogP contribution in [0.3, 0.4) is 0 Å². The topological polar surface area (TPSA) is 133 Å². The van der Waals surface area contributed by atoms with Crippen LogP contribution in [0.4, 0.5) is 11.4 Å². The number of esters is 1. The van der Waals surface area contributed by atoms with Crippen LogP contribution in [-0.4, -0.2) is 31.7 Å². The number of carbonyl (C=O) groups excluding carboxylic acids is 2. The summed E-state index contributed by atoms with van der Waals surface area (Å²) in [6.45, 7) is 1.35. The van der Waals surface area contributed by atoms with E-state index in [-0.39, 0.29) is 16.1 Å². The summed E-state index contributed by atoms with van der Waals surface area (Å²) in [7, 11) is -4.23. The SMILES string of the molecule is Cc1ccc(C(=O)COC(=O)c2ccccc2NS(=O)(=O)c2cccc([N+](=O)[O-])c2)cc1. The van der Waals surface area contributed by atoms with Crippen molar-refractivity contribution < 1.29 is 27.7 Å². The van der Waals surface area contributed by atoms with Crippen molar-refractivity contribution in [2.75, 3.05) is 11.3 Å². The molecule has 0 aliphatic carbocycles. The average molecular weight is 454 g/mol. The zero-order valence-electron chi connectivity index (χ0n) is 16.8. The van der Waals surface area contributed by atoms with Gasteiger partial charge in [-0.3, -0.25) is 19.6 Å². The third-order valence-electron chi connectivity index (χ3n) is 4.44. The molecule has 0 heterocycles. The number of Topliss-reactive ketones (excluding diaryl/α,β-unsaturated/α-hetero) is 1. The molecule has 0 unspecified atom stereocenters. The number of benzene rings is 3. The van der Waals surface area contributed by atoms with E-state index in [0.29, 0.717) is 5.56 Å². The van der Waals surface area contributed by atoms with Crippen LogP contribution in [0.5, 0.6) is 0 Å². The predicted octanol–water partition coefficient (Wildman–Crippen LogP) is 3.74. The van der Waals surface area contributed by atoms with Gasteiger partial charge in [-0.2, -0.15) is 0 Å². The normalized spacial score (nSPS) is 10.9. The third-order valence-corrected chi connectivity index (χ3v) is 5.80. The Hall–Kier alpha value is -4.05. The molecule has 9 nitrogen and oxygen atoms in total. The third kappa shape index (κ3) is 5.35. The highest BCUT2D eigenvalue weighted by Crippen LogP contribution is 2.23. The summed E-state index contributed by atoms with van der Waals surface area (Å²) in [6.07, 6.45) is 0. The molecule has 0 aliphatic heterocycles. The van der Waals surface area contributed by atoms with Crippen LogP contribution in [-0.2, 0) is 14.8 Å². The molecule has 0 spiro atoms. The van der Waals surface area contributed by atoms with Crippen molar-refractivity contribution in [1.82, 2.24) is 0 Å². The van der Waals surface area contributed by atoms with E-state index in [2.05, 4.69) is 4.72 Å². The Morgan fingerprint density at radius 2 is 1.69 bits per heavy atom. The van der Waals surface area contributed by atoms with Gasteiger partial charge in [0, 0.05) is 17.7 Å². The zero-order chi connectivity index (χ0) is 23.3. The van der Waals surface area contributed by atoms with E-state index in [4.69, 9.17) is 4.74 Å². The maximum atomic E-state index is 12.7. The summed E-state index contributed by atoms with van der Waals surface area (Å²) >= 11 is 0. The second kappa shape index (κ2) is 9.40. The molecule has 0 saturated carbocycles. The predicted molar refractivity (Wildman–Crippen MR) is 116 cm³/mol. The molecule has 32 heavy (non-hydrogen) atoms. The summed E-state index contributed by atoms with van der Waals surface area (Å²) in [4.78, 5) is 34.6. The minimum atomic E-state index is -4.23. The van der Waals surface area contributed by atoms with Crippen LogP contribution in [0, 0.1) is 17.0 Å². The standard InChI is InChI=1S/C22H18N2O7S/c1-15-9-11-16(12-10-15)21(25)14-31-22(26)19-7-2-3-8-20(19)23-32(29,30)18-6-4-5-17(13-18)24(27)28/h2-13,23H,14H2,1H3. The molecule has 3 rings (SSSR count). The Bertz CT molecular complexity index is 1290. The first kappa shape index (κ1) is 22.6. The van der Waals surface area contributed by atoms with E-state index in [1.807, 2.05) is 6.92 Å². The molecule has 3 aromatic rings. The second-order valence-corrected chi connectivity index (χ2v) is 8.45. The van der Waals surface area contributed by atoms with Crippen molar-refractivity contribution >= 4 is 33.2 Å². The molecular formula is C22H18N2O7S. The van der Waals surface area contributed by atoms with Gasteiger partial charge in [0.2, 0.25) is 0 Å². The Kier molecular flexibility index (Phi) is 6.64. The summed E-state index contributed by atoms with van der Waals surface area (Å²) in [5.41, 5.74) is 0.756. The zero-order valence-corrected chi connectivity index (χ0v) is 17.7. The van der Waals surface area contributed by atoms with Gasteiger partial charge >= 0.3 is 5.97 Å². The van der Waals surface area contributed by atoms with Gasteiger partial charge in [-0.1, -0.05) is 48.0 Å². The fourth-order valence-electron chi connectivity index (χ4n) is 2.75. The number of ketones is 1. The van der Waals surface area contributed by atoms with Crippen molar-refractivity contribution in [1.29, 1.82) is 0 Å².